The number of carbonyl (C=O) groups excluding carboxylic acids is 2. The number of rotatable bonds is 2. The lowest BCUT2D eigenvalue weighted by Crippen LogP contribution is -2.43. The highest BCUT2D eigenvalue weighted by Crippen LogP contribution is 2.20. The quantitative estimate of drug-likeness (QED) is 0.692. The van der Waals surface area contributed by atoms with Crippen molar-refractivity contribution in [3.05, 3.63) is 0 Å². The van der Waals surface area contributed by atoms with Gasteiger partial charge in [0.25, 0.3) is 0 Å². The Hall–Kier alpha value is -1.26. The Labute approximate surface area is 142 Å². The highest BCUT2D eigenvalue weighted by atomic mass is 16.6. The number of carbonyl (C=O) groups is 2. The maximum Gasteiger partial charge on any atom is 0.410 e. The summed E-state index contributed by atoms with van der Waals surface area (Å²) in [6.45, 7) is 17.1. The molecule has 138 valence electrons. The first-order chi connectivity index (χ1) is 10.7. The van der Waals surface area contributed by atoms with Crippen LogP contribution in [0.3, 0.4) is 0 Å². The van der Waals surface area contributed by atoms with Gasteiger partial charge in [-0.05, 0) is 40.5 Å². The van der Waals surface area contributed by atoms with Crippen molar-refractivity contribution in [3.8, 4) is 0 Å². The molecular formula is C18H37NO4. The van der Waals surface area contributed by atoms with E-state index in [9.17, 15) is 9.59 Å². The van der Waals surface area contributed by atoms with Crippen molar-refractivity contribution in [2.24, 2.45) is 5.92 Å². The molecule has 0 aliphatic carbocycles. The summed E-state index contributed by atoms with van der Waals surface area (Å²) in [5.41, 5.74) is -0.477. The molecule has 0 spiro atoms. The molecule has 0 aromatic carbocycles. The molecule has 0 unspecified atom stereocenters. The molecule has 0 saturated carbocycles. The predicted molar refractivity (Wildman–Crippen MR) is 94.5 cm³/mol. The molecule has 1 aliphatic rings. The van der Waals surface area contributed by atoms with Crippen LogP contribution in [0, 0.1) is 5.92 Å². The second kappa shape index (κ2) is 13.2. The van der Waals surface area contributed by atoms with Crippen LogP contribution in [0.4, 0.5) is 4.79 Å². The van der Waals surface area contributed by atoms with Crippen molar-refractivity contribution < 1.29 is 19.1 Å². The monoisotopic (exact) mass is 331 g/mol. The average molecular weight is 331 g/mol. The SMILES string of the molecule is CC.CCC.CCOC(=O)C1CCN(C(=O)OC(C)(C)C)CC1. The molecule has 1 rings (SSSR count). The summed E-state index contributed by atoms with van der Waals surface area (Å²) in [5.74, 6) is -0.232. The minimum Gasteiger partial charge on any atom is -0.466 e. The number of amides is 1. The number of piperidine rings is 1. The van der Waals surface area contributed by atoms with Crippen molar-refractivity contribution >= 4 is 12.1 Å². The van der Waals surface area contributed by atoms with Crippen LogP contribution < -0.4 is 0 Å². The van der Waals surface area contributed by atoms with Crippen molar-refractivity contribution in [2.45, 2.75) is 80.3 Å². The summed E-state index contributed by atoms with van der Waals surface area (Å²) in [6, 6.07) is 0. The Morgan fingerprint density at radius 3 is 1.83 bits per heavy atom. The zero-order valence-electron chi connectivity index (χ0n) is 16.4. The van der Waals surface area contributed by atoms with E-state index in [2.05, 4.69) is 13.8 Å². The van der Waals surface area contributed by atoms with Crippen LogP contribution in [0.2, 0.25) is 0 Å². The number of hydrogen-bond acceptors (Lipinski definition) is 4. The van der Waals surface area contributed by atoms with E-state index in [-0.39, 0.29) is 18.0 Å². The molecule has 0 atom stereocenters. The van der Waals surface area contributed by atoms with E-state index >= 15 is 0 Å². The molecule has 0 aromatic rings. The molecule has 1 aliphatic heterocycles. The summed E-state index contributed by atoms with van der Waals surface area (Å²) in [7, 11) is 0. The summed E-state index contributed by atoms with van der Waals surface area (Å²) >= 11 is 0. The highest BCUT2D eigenvalue weighted by molar-refractivity contribution is 5.73. The maximum atomic E-state index is 11.8. The van der Waals surface area contributed by atoms with E-state index in [4.69, 9.17) is 9.47 Å². The lowest BCUT2D eigenvalue weighted by Gasteiger charge is -2.32. The van der Waals surface area contributed by atoms with E-state index in [0.717, 1.165) is 0 Å². The maximum absolute atomic E-state index is 11.8. The van der Waals surface area contributed by atoms with Gasteiger partial charge in [-0.25, -0.2) is 4.79 Å². The van der Waals surface area contributed by atoms with Crippen molar-refractivity contribution in [1.82, 2.24) is 4.90 Å². The van der Waals surface area contributed by atoms with Gasteiger partial charge in [-0.15, -0.1) is 0 Å². The van der Waals surface area contributed by atoms with Gasteiger partial charge in [0.05, 0.1) is 12.5 Å². The number of esters is 1. The second-order valence-corrected chi connectivity index (χ2v) is 6.20. The van der Waals surface area contributed by atoms with Crippen LogP contribution in [-0.4, -0.2) is 42.3 Å². The Kier molecular flexibility index (Phi) is 13.8. The van der Waals surface area contributed by atoms with Crippen molar-refractivity contribution in [2.75, 3.05) is 19.7 Å². The lowest BCUT2D eigenvalue weighted by molar-refractivity contribution is -0.149. The van der Waals surface area contributed by atoms with Crippen LogP contribution in [0.1, 0.15) is 74.7 Å². The molecule has 1 saturated heterocycles. The number of likely N-dealkylation sites (tertiary alicyclic amines) is 1. The Morgan fingerprint density at radius 1 is 1.04 bits per heavy atom. The normalized spacial score (nSPS) is 14.7. The number of nitrogens with zero attached hydrogens (tertiary/aromatic N) is 1. The molecule has 1 fully saturated rings. The fraction of sp³-hybridized carbons (Fsp3) is 0.889. The minimum atomic E-state index is -0.477. The first-order valence-corrected chi connectivity index (χ1v) is 8.89. The largest absolute Gasteiger partial charge is 0.466 e. The molecule has 5 nitrogen and oxygen atoms in total. The molecule has 1 heterocycles. The van der Waals surface area contributed by atoms with Gasteiger partial charge < -0.3 is 14.4 Å². The van der Waals surface area contributed by atoms with Crippen LogP contribution in [0.25, 0.3) is 0 Å². The standard InChI is InChI=1S/C13H23NO4.C3H8.C2H6/c1-5-17-11(15)10-6-8-14(9-7-10)12(16)18-13(2,3)4;1-3-2;1-2/h10H,5-9H2,1-4H3;3H2,1-2H3;1-2H3. The summed E-state index contributed by atoms with van der Waals surface area (Å²) in [5, 5.41) is 0. The second-order valence-electron chi connectivity index (χ2n) is 6.20. The lowest BCUT2D eigenvalue weighted by atomic mass is 9.97. The highest BCUT2D eigenvalue weighted by Gasteiger charge is 2.30. The van der Waals surface area contributed by atoms with Crippen molar-refractivity contribution in [1.29, 1.82) is 0 Å². The smallest absolute Gasteiger partial charge is 0.410 e. The van der Waals surface area contributed by atoms with Gasteiger partial charge >= 0.3 is 12.1 Å². The van der Waals surface area contributed by atoms with Crippen LogP contribution in [-0.2, 0) is 14.3 Å². The first kappa shape index (κ1) is 24.0. The Bertz CT molecular complexity index is 315. The van der Waals surface area contributed by atoms with Crippen LogP contribution >= 0.6 is 0 Å². The third-order valence-corrected chi connectivity index (χ3v) is 2.77. The molecule has 0 bridgehead atoms. The van der Waals surface area contributed by atoms with E-state index in [0.29, 0.717) is 32.5 Å². The summed E-state index contributed by atoms with van der Waals surface area (Å²) < 4.78 is 10.3. The molecule has 5 heteroatoms. The molecule has 1 amide bonds. The summed E-state index contributed by atoms with van der Waals surface area (Å²) in [4.78, 5) is 25.0. The van der Waals surface area contributed by atoms with E-state index in [1.54, 1.807) is 11.8 Å². The summed E-state index contributed by atoms with van der Waals surface area (Å²) in [6.07, 6.45) is 2.25. The zero-order chi connectivity index (χ0) is 18.5. The van der Waals surface area contributed by atoms with Gasteiger partial charge in [-0.1, -0.05) is 34.1 Å². The third kappa shape index (κ3) is 11.9. The van der Waals surface area contributed by atoms with E-state index in [1.165, 1.54) is 6.42 Å². The van der Waals surface area contributed by atoms with Gasteiger partial charge in [-0.3, -0.25) is 4.79 Å². The minimum absolute atomic E-state index is 0.0800. The molecular weight excluding hydrogens is 294 g/mol. The van der Waals surface area contributed by atoms with Gasteiger partial charge in [0.15, 0.2) is 0 Å². The zero-order valence-corrected chi connectivity index (χ0v) is 16.4. The average Bonchev–Trinajstić information content (AvgIpc) is 2.49. The van der Waals surface area contributed by atoms with E-state index < -0.39 is 5.60 Å². The van der Waals surface area contributed by atoms with Gasteiger partial charge in [0.2, 0.25) is 0 Å². The fourth-order valence-corrected chi connectivity index (χ4v) is 1.88. The van der Waals surface area contributed by atoms with Crippen molar-refractivity contribution in [3.63, 3.8) is 0 Å². The Morgan fingerprint density at radius 2 is 1.48 bits per heavy atom. The molecule has 0 aromatic heterocycles. The first-order valence-electron chi connectivity index (χ1n) is 8.89. The Balaban J connectivity index is 0. The third-order valence-electron chi connectivity index (χ3n) is 2.77. The number of hydrogen-bond donors (Lipinski definition) is 0. The topological polar surface area (TPSA) is 55.8 Å². The van der Waals surface area contributed by atoms with Gasteiger partial charge in [0.1, 0.15) is 5.60 Å². The fourth-order valence-electron chi connectivity index (χ4n) is 1.88. The van der Waals surface area contributed by atoms with Crippen LogP contribution in [0.15, 0.2) is 0 Å². The molecule has 0 radical (unpaired) electrons. The van der Waals surface area contributed by atoms with Gasteiger partial charge in [-0.2, -0.15) is 0 Å². The number of ether oxygens (including phenoxy) is 2. The van der Waals surface area contributed by atoms with Gasteiger partial charge in [0, 0.05) is 13.1 Å². The van der Waals surface area contributed by atoms with E-state index in [1.807, 2.05) is 34.6 Å². The molecule has 0 N–H and O–H groups in total. The van der Waals surface area contributed by atoms with Crippen LogP contribution in [0.5, 0.6) is 0 Å². The molecule has 23 heavy (non-hydrogen) atoms. The predicted octanol–water partition coefficient (Wildman–Crippen LogP) is 4.64.